The van der Waals surface area contributed by atoms with Crippen LogP contribution in [-0.4, -0.2) is 19.3 Å². The van der Waals surface area contributed by atoms with E-state index in [-0.39, 0.29) is 0 Å². The van der Waals surface area contributed by atoms with E-state index in [1.165, 1.54) is 0 Å². The number of allylic oxidation sites excluding steroid dienone is 1. The third-order valence-electron chi connectivity index (χ3n) is 1.69. The second-order valence-corrected chi connectivity index (χ2v) is 2.81. The molecule has 0 fully saturated rings. The standard InChI is InChI=1S/C10H20N4/c1-3-9(10(12)13-4-2)14-8-6-5-7-11/h3-4,14H,1,5-8,11-12H2,2H3/b10-9+,13-4?. The second kappa shape index (κ2) is 8.31. The number of aliphatic imine (C=N–C) groups is 1. The van der Waals surface area contributed by atoms with Crippen LogP contribution in [0.25, 0.3) is 0 Å². The van der Waals surface area contributed by atoms with E-state index in [0.29, 0.717) is 5.82 Å². The fourth-order valence-electron chi connectivity index (χ4n) is 0.968. The fraction of sp³-hybridized carbons (Fsp3) is 0.500. The number of nitrogens with zero attached hydrogens (tertiary/aromatic N) is 1. The molecule has 0 spiro atoms. The SMILES string of the molecule is C=C/C(NCCCCN)=C(/N)N=CC. The van der Waals surface area contributed by atoms with Crippen LogP contribution in [0.1, 0.15) is 19.8 Å². The van der Waals surface area contributed by atoms with Crippen molar-refractivity contribution in [3.8, 4) is 0 Å². The van der Waals surface area contributed by atoms with Gasteiger partial charge in [0.05, 0.1) is 5.70 Å². The molecule has 0 aromatic heterocycles. The Morgan fingerprint density at radius 3 is 2.71 bits per heavy atom. The summed E-state index contributed by atoms with van der Waals surface area (Å²) < 4.78 is 0. The summed E-state index contributed by atoms with van der Waals surface area (Å²) in [5.41, 5.74) is 11.8. The summed E-state index contributed by atoms with van der Waals surface area (Å²) in [7, 11) is 0. The van der Waals surface area contributed by atoms with Crippen molar-refractivity contribution in [2.24, 2.45) is 16.5 Å². The lowest BCUT2D eigenvalue weighted by Crippen LogP contribution is -2.18. The molecule has 80 valence electrons. The average Bonchev–Trinajstić information content (AvgIpc) is 2.18. The van der Waals surface area contributed by atoms with Crippen molar-refractivity contribution < 1.29 is 0 Å². The number of nitrogens with one attached hydrogen (secondary N) is 1. The number of hydrogen-bond donors (Lipinski definition) is 3. The maximum Gasteiger partial charge on any atom is 0.146 e. The van der Waals surface area contributed by atoms with Crippen LogP contribution in [0.15, 0.2) is 29.2 Å². The first-order chi connectivity index (χ1) is 6.76. The number of rotatable bonds is 7. The van der Waals surface area contributed by atoms with Gasteiger partial charge in [0.1, 0.15) is 5.82 Å². The Morgan fingerprint density at radius 1 is 1.50 bits per heavy atom. The summed E-state index contributed by atoms with van der Waals surface area (Å²) in [5, 5.41) is 3.16. The van der Waals surface area contributed by atoms with Gasteiger partial charge in [-0.3, -0.25) is 0 Å². The maximum absolute atomic E-state index is 5.68. The lowest BCUT2D eigenvalue weighted by atomic mass is 10.3. The summed E-state index contributed by atoms with van der Waals surface area (Å²) in [5.74, 6) is 0.468. The quantitative estimate of drug-likeness (QED) is 0.319. The van der Waals surface area contributed by atoms with Crippen LogP contribution in [-0.2, 0) is 0 Å². The molecule has 0 aromatic rings. The summed E-state index contributed by atoms with van der Waals surface area (Å²) in [4.78, 5) is 3.97. The summed E-state index contributed by atoms with van der Waals surface area (Å²) in [6.45, 7) is 7.05. The minimum atomic E-state index is 0.468. The molecule has 0 bridgehead atoms. The molecule has 4 heteroatoms. The van der Waals surface area contributed by atoms with Gasteiger partial charge in [0, 0.05) is 12.8 Å². The largest absolute Gasteiger partial charge is 0.382 e. The van der Waals surface area contributed by atoms with E-state index >= 15 is 0 Å². The molecule has 0 aliphatic heterocycles. The first-order valence-electron chi connectivity index (χ1n) is 4.81. The van der Waals surface area contributed by atoms with E-state index in [4.69, 9.17) is 11.5 Å². The first kappa shape index (κ1) is 12.7. The molecule has 0 saturated carbocycles. The number of unbranched alkanes of at least 4 members (excludes halogenated alkanes) is 1. The predicted molar refractivity (Wildman–Crippen MR) is 61.9 cm³/mol. The van der Waals surface area contributed by atoms with Gasteiger partial charge in [-0.15, -0.1) is 0 Å². The van der Waals surface area contributed by atoms with Crippen molar-refractivity contribution in [3.63, 3.8) is 0 Å². The normalized spacial score (nSPS) is 12.7. The molecule has 0 atom stereocenters. The summed E-state index contributed by atoms with van der Waals surface area (Å²) in [6, 6.07) is 0. The zero-order chi connectivity index (χ0) is 10.8. The lowest BCUT2D eigenvalue weighted by Gasteiger charge is -2.07. The average molecular weight is 196 g/mol. The minimum absolute atomic E-state index is 0.468. The summed E-state index contributed by atoms with van der Waals surface area (Å²) in [6.07, 6.45) is 5.36. The summed E-state index contributed by atoms with van der Waals surface area (Å²) >= 11 is 0. The van der Waals surface area contributed by atoms with E-state index in [0.717, 1.165) is 31.6 Å². The van der Waals surface area contributed by atoms with Crippen molar-refractivity contribution in [1.29, 1.82) is 0 Å². The third kappa shape index (κ3) is 5.37. The Labute approximate surface area is 85.8 Å². The van der Waals surface area contributed by atoms with Gasteiger partial charge >= 0.3 is 0 Å². The number of nitrogens with two attached hydrogens (primary N) is 2. The van der Waals surface area contributed by atoms with Gasteiger partial charge in [-0.25, -0.2) is 4.99 Å². The van der Waals surface area contributed by atoms with Crippen LogP contribution in [0, 0.1) is 0 Å². The molecule has 14 heavy (non-hydrogen) atoms. The molecule has 5 N–H and O–H groups in total. The molecule has 0 rings (SSSR count). The fourth-order valence-corrected chi connectivity index (χ4v) is 0.968. The van der Waals surface area contributed by atoms with Gasteiger partial charge in [-0.1, -0.05) is 6.58 Å². The van der Waals surface area contributed by atoms with E-state index in [2.05, 4.69) is 16.9 Å². The highest BCUT2D eigenvalue weighted by Crippen LogP contribution is 1.97. The minimum Gasteiger partial charge on any atom is -0.382 e. The topological polar surface area (TPSA) is 76.4 Å². The molecule has 0 aliphatic carbocycles. The van der Waals surface area contributed by atoms with Gasteiger partial charge in [-0.2, -0.15) is 0 Å². The van der Waals surface area contributed by atoms with Crippen molar-refractivity contribution in [2.75, 3.05) is 13.1 Å². The second-order valence-electron chi connectivity index (χ2n) is 2.81. The zero-order valence-electron chi connectivity index (χ0n) is 8.79. The third-order valence-corrected chi connectivity index (χ3v) is 1.69. The molecule has 0 saturated heterocycles. The first-order valence-corrected chi connectivity index (χ1v) is 4.81. The van der Waals surface area contributed by atoms with Crippen LogP contribution >= 0.6 is 0 Å². The predicted octanol–water partition coefficient (Wildman–Crippen LogP) is 0.719. The smallest absolute Gasteiger partial charge is 0.146 e. The van der Waals surface area contributed by atoms with Crippen LogP contribution in [0.4, 0.5) is 0 Å². The molecule has 0 heterocycles. The molecular weight excluding hydrogens is 176 g/mol. The van der Waals surface area contributed by atoms with Crippen molar-refractivity contribution in [3.05, 3.63) is 24.2 Å². The van der Waals surface area contributed by atoms with Crippen LogP contribution in [0.3, 0.4) is 0 Å². The van der Waals surface area contributed by atoms with E-state index in [9.17, 15) is 0 Å². The van der Waals surface area contributed by atoms with Crippen molar-refractivity contribution in [1.82, 2.24) is 5.32 Å². The van der Waals surface area contributed by atoms with Crippen LogP contribution in [0.2, 0.25) is 0 Å². The Bertz CT molecular complexity index is 218. The molecule has 0 radical (unpaired) electrons. The lowest BCUT2D eigenvalue weighted by molar-refractivity contribution is 0.687. The highest BCUT2D eigenvalue weighted by molar-refractivity contribution is 5.55. The van der Waals surface area contributed by atoms with E-state index in [1.807, 2.05) is 6.92 Å². The Morgan fingerprint density at radius 2 is 2.21 bits per heavy atom. The maximum atomic E-state index is 5.68. The Kier molecular flexibility index (Phi) is 7.55. The van der Waals surface area contributed by atoms with E-state index < -0.39 is 0 Å². The number of hydrogen-bond acceptors (Lipinski definition) is 4. The van der Waals surface area contributed by atoms with Gasteiger partial charge < -0.3 is 16.8 Å². The molecule has 0 aromatic carbocycles. The van der Waals surface area contributed by atoms with E-state index in [1.54, 1.807) is 12.3 Å². The Balaban J connectivity index is 4.02. The van der Waals surface area contributed by atoms with Crippen molar-refractivity contribution in [2.45, 2.75) is 19.8 Å². The zero-order valence-corrected chi connectivity index (χ0v) is 8.79. The van der Waals surface area contributed by atoms with Crippen LogP contribution in [0.5, 0.6) is 0 Å². The molecule has 0 unspecified atom stereocenters. The highest BCUT2D eigenvalue weighted by Gasteiger charge is 1.96. The van der Waals surface area contributed by atoms with Gasteiger partial charge in [0.25, 0.3) is 0 Å². The van der Waals surface area contributed by atoms with Gasteiger partial charge in [0.15, 0.2) is 0 Å². The monoisotopic (exact) mass is 196 g/mol. The molecule has 0 aliphatic rings. The van der Waals surface area contributed by atoms with Gasteiger partial charge in [-0.05, 0) is 32.4 Å². The Hall–Kier alpha value is -1.29. The molecule has 0 amide bonds. The molecular formula is C10H20N4. The molecule has 4 nitrogen and oxygen atoms in total. The highest BCUT2D eigenvalue weighted by atomic mass is 15.0. The van der Waals surface area contributed by atoms with Crippen molar-refractivity contribution >= 4 is 6.21 Å². The van der Waals surface area contributed by atoms with Crippen LogP contribution < -0.4 is 16.8 Å². The van der Waals surface area contributed by atoms with Gasteiger partial charge in [0.2, 0.25) is 0 Å².